The fourth-order valence-electron chi connectivity index (χ4n) is 4.29. The zero-order valence-electron chi connectivity index (χ0n) is 17.3. The minimum atomic E-state index is -0.959. The van der Waals surface area contributed by atoms with E-state index in [9.17, 15) is 14.9 Å². The van der Waals surface area contributed by atoms with Crippen LogP contribution >= 0.6 is 11.6 Å². The third-order valence-electron chi connectivity index (χ3n) is 5.82. The Labute approximate surface area is 192 Å². The van der Waals surface area contributed by atoms with Crippen LogP contribution < -0.4 is 4.74 Å². The molecule has 0 amide bonds. The SMILES string of the molecule is Cc1ncc2c(c1OC(=O)O[C@@H]1CO[C@H]3[C@@H]1OC[C@H]3O[N+](=O)[O-])COC2c1ccc(Cl)cc1. The van der Waals surface area contributed by atoms with E-state index in [0.29, 0.717) is 16.3 Å². The first-order valence-electron chi connectivity index (χ1n) is 10.2. The number of carbonyl (C=O) groups is 1. The van der Waals surface area contributed by atoms with Crippen molar-refractivity contribution in [3.8, 4) is 5.75 Å². The molecule has 0 saturated carbocycles. The van der Waals surface area contributed by atoms with Gasteiger partial charge >= 0.3 is 6.16 Å². The minimum absolute atomic E-state index is 0.00783. The molecule has 12 heteroatoms. The molecule has 2 fully saturated rings. The molecule has 0 N–H and O–H groups in total. The standard InChI is InChI=1S/C21H19ClN2O9/c1-10-17(14-7-28-18(13(14)6-23-10)11-2-4-12(22)5-3-11)32-21(25)31-15-8-29-20-16(33-24(26)27)9-30-19(15)20/h2-6,15-16,18-20H,7-9H2,1H3/t15-,16-,18?,19-,20-/m1/s1. The molecule has 1 unspecified atom stereocenters. The first kappa shape index (κ1) is 21.8. The normalized spacial score (nSPS) is 27.6. The first-order chi connectivity index (χ1) is 15.9. The average Bonchev–Trinajstić information content (AvgIpc) is 3.48. The maximum atomic E-state index is 12.6. The third-order valence-corrected chi connectivity index (χ3v) is 6.07. The van der Waals surface area contributed by atoms with Crippen LogP contribution in [0.3, 0.4) is 0 Å². The highest BCUT2D eigenvalue weighted by molar-refractivity contribution is 6.30. The van der Waals surface area contributed by atoms with E-state index < -0.39 is 35.7 Å². The zero-order chi connectivity index (χ0) is 23.1. The molecule has 2 aromatic rings. The monoisotopic (exact) mass is 478 g/mol. The number of fused-ring (bicyclic) bond motifs is 2. The predicted molar refractivity (Wildman–Crippen MR) is 109 cm³/mol. The van der Waals surface area contributed by atoms with Crippen molar-refractivity contribution >= 4 is 17.8 Å². The van der Waals surface area contributed by atoms with E-state index in [-0.39, 0.29) is 31.7 Å². The van der Waals surface area contributed by atoms with E-state index in [1.54, 1.807) is 25.3 Å². The lowest BCUT2D eigenvalue weighted by molar-refractivity contribution is -0.769. The van der Waals surface area contributed by atoms with E-state index in [4.69, 9.17) is 35.3 Å². The van der Waals surface area contributed by atoms with Gasteiger partial charge in [-0.05, 0) is 24.6 Å². The van der Waals surface area contributed by atoms with Crippen molar-refractivity contribution in [1.82, 2.24) is 4.98 Å². The second-order valence-electron chi connectivity index (χ2n) is 7.82. The molecule has 3 aliphatic heterocycles. The Morgan fingerprint density at radius 2 is 1.85 bits per heavy atom. The van der Waals surface area contributed by atoms with Crippen LogP contribution in [0.2, 0.25) is 5.02 Å². The van der Waals surface area contributed by atoms with Crippen molar-refractivity contribution in [3.63, 3.8) is 0 Å². The Kier molecular flexibility index (Phi) is 5.79. The fraction of sp³-hybridized carbons (Fsp3) is 0.429. The molecule has 0 aliphatic carbocycles. The molecule has 0 spiro atoms. The number of nitrogens with zero attached hydrogens (tertiary/aromatic N) is 2. The van der Waals surface area contributed by atoms with E-state index in [1.807, 2.05) is 12.1 Å². The Hall–Kier alpha value is -2.99. The summed E-state index contributed by atoms with van der Waals surface area (Å²) < 4.78 is 27.8. The van der Waals surface area contributed by atoms with Gasteiger partial charge in [0.05, 0.1) is 25.5 Å². The molecule has 4 heterocycles. The van der Waals surface area contributed by atoms with Crippen LogP contribution in [0.15, 0.2) is 30.5 Å². The van der Waals surface area contributed by atoms with E-state index in [2.05, 4.69) is 9.82 Å². The lowest BCUT2D eigenvalue weighted by Gasteiger charge is -2.17. The molecule has 1 aromatic heterocycles. The second-order valence-corrected chi connectivity index (χ2v) is 8.26. The van der Waals surface area contributed by atoms with Crippen molar-refractivity contribution < 1.29 is 38.4 Å². The van der Waals surface area contributed by atoms with Crippen LogP contribution in [-0.2, 0) is 30.4 Å². The maximum absolute atomic E-state index is 12.6. The summed E-state index contributed by atoms with van der Waals surface area (Å²) in [6.45, 7) is 1.92. The summed E-state index contributed by atoms with van der Waals surface area (Å²) >= 11 is 5.98. The molecule has 11 nitrogen and oxygen atoms in total. The number of carbonyl (C=O) groups excluding carboxylic acids is 1. The minimum Gasteiger partial charge on any atom is -0.425 e. The molecular weight excluding hydrogens is 460 g/mol. The van der Waals surface area contributed by atoms with Gasteiger partial charge in [0.25, 0.3) is 5.09 Å². The number of hydrogen-bond acceptors (Lipinski definition) is 10. The van der Waals surface area contributed by atoms with Crippen LogP contribution in [0.1, 0.15) is 28.5 Å². The average molecular weight is 479 g/mol. The largest absolute Gasteiger partial charge is 0.514 e. The van der Waals surface area contributed by atoms with Crippen molar-refractivity contribution in [2.45, 2.75) is 44.1 Å². The predicted octanol–water partition coefficient (Wildman–Crippen LogP) is 2.92. The van der Waals surface area contributed by atoms with Crippen molar-refractivity contribution in [2.75, 3.05) is 13.2 Å². The Balaban J connectivity index is 1.28. The van der Waals surface area contributed by atoms with Gasteiger partial charge in [-0.2, -0.15) is 0 Å². The molecule has 3 aliphatic rings. The highest BCUT2D eigenvalue weighted by Crippen LogP contribution is 2.41. The van der Waals surface area contributed by atoms with Crippen LogP contribution in [-0.4, -0.2) is 53.9 Å². The Morgan fingerprint density at radius 1 is 1.15 bits per heavy atom. The lowest BCUT2D eigenvalue weighted by atomic mass is 10.0. The summed E-state index contributed by atoms with van der Waals surface area (Å²) in [4.78, 5) is 32.1. The molecule has 0 bridgehead atoms. The van der Waals surface area contributed by atoms with Gasteiger partial charge in [0.2, 0.25) is 0 Å². The number of hydrogen-bond donors (Lipinski definition) is 0. The van der Waals surface area contributed by atoms with Gasteiger partial charge in [0, 0.05) is 22.3 Å². The van der Waals surface area contributed by atoms with Gasteiger partial charge in [0.1, 0.15) is 18.3 Å². The summed E-state index contributed by atoms with van der Waals surface area (Å²) in [6, 6.07) is 7.28. The third kappa shape index (κ3) is 4.20. The van der Waals surface area contributed by atoms with Gasteiger partial charge in [-0.1, -0.05) is 23.7 Å². The van der Waals surface area contributed by atoms with E-state index in [1.165, 1.54) is 0 Å². The maximum Gasteiger partial charge on any atom is 0.514 e. The van der Waals surface area contributed by atoms with Gasteiger partial charge in [-0.25, -0.2) is 4.79 Å². The zero-order valence-corrected chi connectivity index (χ0v) is 18.1. The first-order valence-corrected chi connectivity index (χ1v) is 10.6. The Morgan fingerprint density at radius 3 is 2.58 bits per heavy atom. The number of pyridine rings is 1. The van der Waals surface area contributed by atoms with E-state index >= 15 is 0 Å². The van der Waals surface area contributed by atoms with Gasteiger partial charge in [-0.3, -0.25) is 4.98 Å². The Bertz CT molecular complexity index is 1080. The van der Waals surface area contributed by atoms with Crippen LogP contribution in [0.4, 0.5) is 4.79 Å². The molecule has 0 radical (unpaired) electrons. The van der Waals surface area contributed by atoms with Crippen LogP contribution in [0, 0.1) is 17.0 Å². The summed E-state index contributed by atoms with van der Waals surface area (Å²) in [5.41, 5.74) is 2.89. The molecule has 5 atom stereocenters. The second kappa shape index (κ2) is 8.75. The molecule has 174 valence electrons. The molecular formula is C21H19ClN2O9. The number of ether oxygens (including phenoxy) is 5. The molecule has 33 heavy (non-hydrogen) atoms. The quantitative estimate of drug-likeness (QED) is 0.359. The molecule has 5 rings (SSSR count). The number of rotatable bonds is 5. The summed E-state index contributed by atoms with van der Waals surface area (Å²) in [7, 11) is 0. The van der Waals surface area contributed by atoms with E-state index in [0.717, 1.165) is 11.1 Å². The topological polar surface area (TPSA) is 128 Å². The number of aromatic nitrogens is 1. The van der Waals surface area contributed by atoms with Gasteiger partial charge in [-0.15, -0.1) is 10.1 Å². The van der Waals surface area contributed by atoms with Crippen molar-refractivity contribution in [1.29, 1.82) is 0 Å². The fourth-order valence-corrected chi connectivity index (χ4v) is 4.42. The molecule has 1 aromatic carbocycles. The summed E-state index contributed by atoms with van der Waals surface area (Å²) in [5.74, 6) is 0.270. The van der Waals surface area contributed by atoms with Crippen molar-refractivity contribution in [2.24, 2.45) is 0 Å². The lowest BCUT2D eigenvalue weighted by Crippen LogP contribution is -2.36. The summed E-state index contributed by atoms with van der Waals surface area (Å²) in [5, 5.41) is 10.3. The number of benzene rings is 1. The number of halogens is 1. The van der Waals surface area contributed by atoms with Gasteiger partial charge in [0.15, 0.2) is 18.0 Å². The molecule has 2 saturated heterocycles. The van der Waals surface area contributed by atoms with Gasteiger partial charge < -0.3 is 28.5 Å². The van der Waals surface area contributed by atoms with Crippen LogP contribution in [0.5, 0.6) is 5.75 Å². The van der Waals surface area contributed by atoms with Crippen molar-refractivity contribution in [3.05, 3.63) is 68.0 Å². The van der Waals surface area contributed by atoms with Crippen LogP contribution in [0.25, 0.3) is 0 Å². The number of aryl methyl sites for hydroxylation is 1. The highest BCUT2D eigenvalue weighted by Gasteiger charge is 2.51. The smallest absolute Gasteiger partial charge is 0.425 e. The highest BCUT2D eigenvalue weighted by atomic mass is 35.5. The summed E-state index contributed by atoms with van der Waals surface area (Å²) in [6.07, 6.45) is -2.66.